The van der Waals surface area contributed by atoms with Crippen molar-refractivity contribution in [3.05, 3.63) is 39.2 Å². The lowest BCUT2D eigenvalue weighted by Crippen LogP contribution is -2.35. The summed E-state index contributed by atoms with van der Waals surface area (Å²) < 4.78 is 13.9. The number of amides is 1. The van der Waals surface area contributed by atoms with Crippen molar-refractivity contribution in [2.24, 2.45) is 0 Å². The maximum Gasteiger partial charge on any atom is 0.270 e. The molecule has 20 heavy (non-hydrogen) atoms. The minimum Gasteiger partial charge on any atom is -0.349 e. The van der Waals surface area contributed by atoms with E-state index in [1.165, 1.54) is 6.92 Å². The van der Waals surface area contributed by atoms with Gasteiger partial charge in [-0.2, -0.15) is 11.8 Å². The largest absolute Gasteiger partial charge is 0.349 e. The molecule has 0 saturated heterocycles. The van der Waals surface area contributed by atoms with Crippen LogP contribution < -0.4 is 5.32 Å². The number of carbonyl (C=O) groups excluding carboxylic acids is 1. The lowest BCUT2D eigenvalue weighted by Gasteiger charge is -2.14. The highest BCUT2D eigenvalue weighted by Crippen LogP contribution is 2.21. The van der Waals surface area contributed by atoms with Crippen LogP contribution in [0.15, 0.2) is 12.1 Å². The van der Waals surface area contributed by atoms with E-state index in [-0.39, 0.29) is 22.9 Å². The summed E-state index contributed by atoms with van der Waals surface area (Å²) in [5, 5.41) is 13.4. The average Bonchev–Trinajstić information content (AvgIpc) is 2.38. The van der Waals surface area contributed by atoms with Gasteiger partial charge in [0.1, 0.15) is 5.82 Å². The Hall–Kier alpha value is -1.63. The van der Waals surface area contributed by atoms with Crippen molar-refractivity contribution in [2.75, 3.05) is 11.5 Å². The molecule has 1 atom stereocenters. The van der Waals surface area contributed by atoms with Gasteiger partial charge in [-0.3, -0.25) is 14.9 Å². The molecule has 0 spiro atoms. The number of aryl methyl sites for hydroxylation is 1. The van der Waals surface area contributed by atoms with Crippen LogP contribution in [0.25, 0.3) is 0 Å². The molecule has 0 bridgehead atoms. The Bertz CT molecular complexity index is 523. The van der Waals surface area contributed by atoms with Gasteiger partial charge in [-0.1, -0.05) is 6.92 Å². The normalized spacial score (nSPS) is 12.0. The summed E-state index contributed by atoms with van der Waals surface area (Å²) in [6.45, 7) is 5.21. The molecule has 1 unspecified atom stereocenters. The summed E-state index contributed by atoms with van der Waals surface area (Å²) in [5.41, 5.74) is -0.491. The monoisotopic (exact) mass is 300 g/mol. The molecule has 1 aromatic carbocycles. The van der Waals surface area contributed by atoms with Gasteiger partial charge in [0.05, 0.1) is 10.5 Å². The van der Waals surface area contributed by atoms with Gasteiger partial charge < -0.3 is 5.32 Å². The zero-order valence-corrected chi connectivity index (χ0v) is 12.4. The van der Waals surface area contributed by atoms with Crippen LogP contribution in [0.2, 0.25) is 0 Å². The molecule has 1 rings (SSSR count). The second-order valence-electron chi connectivity index (χ2n) is 4.42. The Morgan fingerprint density at radius 1 is 1.55 bits per heavy atom. The van der Waals surface area contributed by atoms with Crippen molar-refractivity contribution in [3.8, 4) is 0 Å². The molecule has 0 saturated carbocycles. The highest BCUT2D eigenvalue weighted by molar-refractivity contribution is 7.99. The SMILES string of the molecule is CCSCC(C)NC(=O)c1cc([N+](=O)[O-])cc(C)c1F. The molecule has 1 aromatic rings. The fourth-order valence-corrected chi connectivity index (χ4v) is 2.33. The number of halogens is 1. The van der Waals surface area contributed by atoms with Crippen molar-refractivity contribution in [3.63, 3.8) is 0 Å². The Labute approximate surface area is 121 Å². The second kappa shape index (κ2) is 7.23. The standard InChI is InChI=1S/C13H17FN2O3S/c1-4-20-7-9(3)15-13(17)11-6-10(16(18)19)5-8(2)12(11)14/h5-6,9H,4,7H2,1-3H3,(H,15,17). The van der Waals surface area contributed by atoms with Crippen LogP contribution in [0.3, 0.4) is 0 Å². The van der Waals surface area contributed by atoms with Gasteiger partial charge in [0, 0.05) is 23.9 Å². The Morgan fingerprint density at radius 2 is 2.20 bits per heavy atom. The number of nitro benzene ring substituents is 1. The minimum atomic E-state index is -0.719. The predicted octanol–water partition coefficient (Wildman–Crippen LogP) is 2.91. The number of rotatable bonds is 6. The maximum atomic E-state index is 13.9. The molecule has 0 aliphatic heterocycles. The van der Waals surface area contributed by atoms with Crippen LogP contribution in [0.4, 0.5) is 10.1 Å². The van der Waals surface area contributed by atoms with Crippen LogP contribution in [-0.2, 0) is 0 Å². The summed E-state index contributed by atoms with van der Waals surface area (Å²) in [7, 11) is 0. The number of nitrogens with zero attached hydrogens (tertiary/aromatic N) is 1. The first kappa shape index (κ1) is 16.4. The zero-order valence-electron chi connectivity index (χ0n) is 11.6. The maximum absolute atomic E-state index is 13.9. The van der Waals surface area contributed by atoms with Gasteiger partial charge in [0.15, 0.2) is 0 Å². The molecule has 1 N–H and O–H groups in total. The third-order valence-corrected chi connectivity index (χ3v) is 3.79. The molecule has 0 heterocycles. The number of hydrogen-bond donors (Lipinski definition) is 1. The Kier molecular flexibility index (Phi) is 5.94. The number of thioether (sulfide) groups is 1. The van der Waals surface area contributed by atoms with E-state index >= 15 is 0 Å². The van der Waals surface area contributed by atoms with Gasteiger partial charge in [-0.05, 0) is 25.2 Å². The van der Waals surface area contributed by atoms with E-state index in [0.29, 0.717) is 5.75 Å². The van der Waals surface area contributed by atoms with Crippen LogP contribution in [0, 0.1) is 22.9 Å². The molecule has 5 nitrogen and oxygen atoms in total. The molecule has 110 valence electrons. The van der Waals surface area contributed by atoms with E-state index in [4.69, 9.17) is 0 Å². The number of non-ortho nitro benzene ring substituents is 1. The highest BCUT2D eigenvalue weighted by atomic mass is 32.2. The first-order valence-corrected chi connectivity index (χ1v) is 7.35. The van der Waals surface area contributed by atoms with Crippen LogP contribution in [-0.4, -0.2) is 28.4 Å². The number of nitrogens with one attached hydrogen (secondary N) is 1. The van der Waals surface area contributed by atoms with Gasteiger partial charge in [0.2, 0.25) is 0 Å². The minimum absolute atomic E-state index is 0.0833. The van der Waals surface area contributed by atoms with Crippen LogP contribution in [0.1, 0.15) is 29.8 Å². The van der Waals surface area contributed by atoms with Gasteiger partial charge in [0.25, 0.3) is 11.6 Å². The summed E-state index contributed by atoms with van der Waals surface area (Å²) in [6, 6.07) is 1.95. The number of benzene rings is 1. The fourth-order valence-electron chi connectivity index (χ4n) is 1.66. The summed E-state index contributed by atoms with van der Waals surface area (Å²) >= 11 is 1.65. The van der Waals surface area contributed by atoms with Gasteiger partial charge in [-0.25, -0.2) is 4.39 Å². The lowest BCUT2D eigenvalue weighted by molar-refractivity contribution is -0.385. The predicted molar refractivity (Wildman–Crippen MR) is 77.7 cm³/mol. The molecular weight excluding hydrogens is 283 g/mol. The number of hydrogen-bond acceptors (Lipinski definition) is 4. The third-order valence-electron chi connectivity index (χ3n) is 2.64. The van der Waals surface area contributed by atoms with Crippen LogP contribution in [0.5, 0.6) is 0 Å². The van der Waals surface area contributed by atoms with Crippen LogP contribution >= 0.6 is 11.8 Å². The number of carbonyl (C=O) groups is 1. The summed E-state index contributed by atoms with van der Waals surface area (Å²) in [6.07, 6.45) is 0. The van der Waals surface area contributed by atoms with Crippen molar-refractivity contribution in [1.29, 1.82) is 0 Å². The molecule has 0 aliphatic rings. The van der Waals surface area contributed by atoms with Gasteiger partial charge in [-0.15, -0.1) is 0 Å². The van der Waals surface area contributed by atoms with E-state index in [1.807, 2.05) is 13.8 Å². The van der Waals surface area contributed by atoms with E-state index in [0.717, 1.165) is 17.9 Å². The lowest BCUT2D eigenvalue weighted by atomic mass is 10.1. The first-order chi connectivity index (χ1) is 9.36. The summed E-state index contributed by atoms with van der Waals surface area (Å²) in [4.78, 5) is 22.1. The second-order valence-corrected chi connectivity index (χ2v) is 5.73. The molecule has 0 aromatic heterocycles. The van der Waals surface area contributed by atoms with Crippen molar-refractivity contribution in [2.45, 2.75) is 26.8 Å². The topological polar surface area (TPSA) is 72.2 Å². The zero-order chi connectivity index (χ0) is 15.3. The smallest absolute Gasteiger partial charge is 0.270 e. The molecular formula is C13H17FN2O3S. The van der Waals surface area contributed by atoms with Crippen molar-refractivity contribution >= 4 is 23.4 Å². The van der Waals surface area contributed by atoms with E-state index in [2.05, 4.69) is 5.32 Å². The van der Waals surface area contributed by atoms with Crippen molar-refractivity contribution < 1.29 is 14.1 Å². The quantitative estimate of drug-likeness (QED) is 0.647. The van der Waals surface area contributed by atoms with E-state index in [9.17, 15) is 19.3 Å². The third kappa shape index (κ3) is 4.19. The molecule has 7 heteroatoms. The molecule has 0 radical (unpaired) electrons. The summed E-state index contributed by atoms with van der Waals surface area (Å²) in [5.74, 6) is 0.282. The average molecular weight is 300 g/mol. The Morgan fingerprint density at radius 3 is 2.75 bits per heavy atom. The highest BCUT2D eigenvalue weighted by Gasteiger charge is 2.20. The van der Waals surface area contributed by atoms with Gasteiger partial charge >= 0.3 is 0 Å². The van der Waals surface area contributed by atoms with E-state index < -0.39 is 16.6 Å². The van der Waals surface area contributed by atoms with Crippen molar-refractivity contribution in [1.82, 2.24) is 5.32 Å². The first-order valence-electron chi connectivity index (χ1n) is 6.20. The molecule has 1 amide bonds. The number of nitro groups is 1. The fraction of sp³-hybridized carbons (Fsp3) is 0.462. The molecule has 0 aliphatic carbocycles. The Balaban J connectivity index is 2.94. The van der Waals surface area contributed by atoms with E-state index in [1.54, 1.807) is 11.8 Å². The molecule has 0 fully saturated rings.